The maximum absolute atomic E-state index is 12.9. The average molecular weight is 260 g/mol. The topological polar surface area (TPSA) is 67.6 Å². The van der Waals surface area contributed by atoms with E-state index in [4.69, 9.17) is 5.73 Å². The largest absolute Gasteiger partial charge is 0.375 e. The maximum atomic E-state index is 12.9. The molecule has 90 valence electrons. The van der Waals surface area contributed by atoms with Crippen LogP contribution in [0.25, 0.3) is 22.5 Å². The highest BCUT2D eigenvalue weighted by Gasteiger charge is 2.12. The molecule has 2 heterocycles. The van der Waals surface area contributed by atoms with E-state index in [1.165, 1.54) is 23.5 Å². The lowest BCUT2D eigenvalue weighted by atomic mass is 10.1. The van der Waals surface area contributed by atoms with Crippen LogP contribution in [0.1, 0.15) is 0 Å². The zero-order chi connectivity index (χ0) is 12.5. The van der Waals surface area contributed by atoms with Gasteiger partial charge in [-0.3, -0.25) is 5.10 Å². The molecule has 3 aromatic rings. The van der Waals surface area contributed by atoms with E-state index in [2.05, 4.69) is 15.2 Å². The van der Waals surface area contributed by atoms with Crippen molar-refractivity contribution < 1.29 is 4.39 Å². The van der Waals surface area contributed by atoms with Crippen LogP contribution in [0.15, 0.2) is 35.8 Å². The summed E-state index contributed by atoms with van der Waals surface area (Å²) in [5.74, 6) is -0.266. The van der Waals surface area contributed by atoms with Crippen LogP contribution in [0.3, 0.4) is 0 Å². The Balaban J connectivity index is 2.09. The van der Waals surface area contributed by atoms with Crippen molar-refractivity contribution in [1.29, 1.82) is 0 Å². The molecule has 0 saturated heterocycles. The van der Waals surface area contributed by atoms with Crippen molar-refractivity contribution in [3.8, 4) is 22.5 Å². The first-order chi connectivity index (χ1) is 8.74. The summed E-state index contributed by atoms with van der Waals surface area (Å²) < 4.78 is 12.9. The second kappa shape index (κ2) is 4.23. The Labute approximate surface area is 106 Å². The number of hydrogen-bond acceptors (Lipinski definition) is 4. The van der Waals surface area contributed by atoms with E-state index in [-0.39, 0.29) is 5.82 Å². The fourth-order valence-corrected chi connectivity index (χ4v) is 2.29. The Morgan fingerprint density at radius 3 is 2.67 bits per heavy atom. The van der Waals surface area contributed by atoms with Crippen molar-refractivity contribution >= 4 is 16.5 Å². The summed E-state index contributed by atoms with van der Waals surface area (Å²) >= 11 is 1.37. The average Bonchev–Trinajstić information content (AvgIpc) is 2.98. The van der Waals surface area contributed by atoms with Crippen molar-refractivity contribution in [2.45, 2.75) is 0 Å². The SMILES string of the molecule is Nc1nc(-c2cn[nH]c2-c2ccc(F)cc2)cs1. The monoisotopic (exact) mass is 260 g/mol. The molecule has 6 heteroatoms. The minimum absolute atomic E-state index is 0.266. The van der Waals surface area contributed by atoms with E-state index in [1.807, 2.05) is 5.38 Å². The number of anilines is 1. The fourth-order valence-electron chi connectivity index (χ4n) is 1.73. The van der Waals surface area contributed by atoms with Crippen LogP contribution >= 0.6 is 11.3 Å². The number of nitrogens with two attached hydrogens (primary N) is 1. The van der Waals surface area contributed by atoms with E-state index in [1.54, 1.807) is 18.3 Å². The summed E-state index contributed by atoms with van der Waals surface area (Å²) in [7, 11) is 0. The van der Waals surface area contributed by atoms with E-state index in [9.17, 15) is 4.39 Å². The molecule has 0 saturated carbocycles. The van der Waals surface area contributed by atoms with Crippen LogP contribution in [0.2, 0.25) is 0 Å². The number of rotatable bonds is 2. The number of benzene rings is 1. The normalized spacial score (nSPS) is 10.7. The molecule has 0 amide bonds. The van der Waals surface area contributed by atoms with Crippen molar-refractivity contribution in [2.24, 2.45) is 0 Å². The number of nitrogens with one attached hydrogen (secondary N) is 1. The minimum atomic E-state index is -0.266. The van der Waals surface area contributed by atoms with Gasteiger partial charge >= 0.3 is 0 Å². The van der Waals surface area contributed by atoms with Gasteiger partial charge in [0.05, 0.1) is 17.6 Å². The van der Waals surface area contributed by atoms with Crippen molar-refractivity contribution in [3.63, 3.8) is 0 Å². The van der Waals surface area contributed by atoms with Crippen LogP contribution in [0, 0.1) is 5.82 Å². The third kappa shape index (κ3) is 1.86. The molecule has 0 aliphatic heterocycles. The number of H-pyrrole nitrogens is 1. The first-order valence-electron chi connectivity index (χ1n) is 5.25. The summed E-state index contributed by atoms with van der Waals surface area (Å²) in [6.07, 6.45) is 1.69. The van der Waals surface area contributed by atoms with Crippen LogP contribution in [0.4, 0.5) is 9.52 Å². The molecule has 2 aromatic heterocycles. The van der Waals surface area contributed by atoms with Crippen LogP contribution in [-0.4, -0.2) is 15.2 Å². The fraction of sp³-hybridized carbons (Fsp3) is 0. The van der Waals surface area contributed by atoms with Crippen LogP contribution in [-0.2, 0) is 0 Å². The quantitative estimate of drug-likeness (QED) is 0.744. The van der Waals surface area contributed by atoms with Gasteiger partial charge in [-0.15, -0.1) is 11.3 Å². The Bertz CT molecular complexity index is 671. The second-order valence-corrected chi connectivity index (χ2v) is 4.63. The second-order valence-electron chi connectivity index (χ2n) is 3.74. The molecule has 0 spiro atoms. The Hall–Kier alpha value is -2.21. The smallest absolute Gasteiger partial charge is 0.180 e. The Morgan fingerprint density at radius 2 is 2.00 bits per heavy atom. The van der Waals surface area contributed by atoms with Crippen molar-refractivity contribution in [1.82, 2.24) is 15.2 Å². The lowest BCUT2D eigenvalue weighted by Crippen LogP contribution is -1.85. The number of aromatic amines is 1. The van der Waals surface area contributed by atoms with Gasteiger partial charge in [-0.05, 0) is 24.3 Å². The van der Waals surface area contributed by atoms with Gasteiger partial charge in [-0.2, -0.15) is 5.10 Å². The van der Waals surface area contributed by atoms with Crippen LogP contribution in [0.5, 0.6) is 0 Å². The molecule has 0 aliphatic rings. The lowest BCUT2D eigenvalue weighted by Gasteiger charge is -2.00. The molecule has 3 rings (SSSR count). The van der Waals surface area contributed by atoms with Crippen molar-refractivity contribution in [2.75, 3.05) is 5.73 Å². The lowest BCUT2D eigenvalue weighted by molar-refractivity contribution is 0.628. The van der Waals surface area contributed by atoms with Gasteiger partial charge in [0, 0.05) is 16.5 Å². The molecule has 3 N–H and O–H groups in total. The molecular weight excluding hydrogens is 251 g/mol. The standard InChI is InChI=1S/C12H9FN4S/c13-8-3-1-7(2-4-8)11-9(5-15-17-11)10-6-18-12(14)16-10/h1-6H,(H2,14,16)(H,15,17). The number of aromatic nitrogens is 3. The predicted octanol–water partition coefficient (Wildman–Crippen LogP) is 2.92. The van der Waals surface area contributed by atoms with Gasteiger partial charge in [0.2, 0.25) is 0 Å². The van der Waals surface area contributed by atoms with Gasteiger partial charge in [-0.1, -0.05) is 0 Å². The molecule has 0 radical (unpaired) electrons. The molecule has 1 aromatic carbocycles. The number of nitrogens with zero attached hydrogens (tertiary/aromatic N) is 2. The summed E-state index contributed by atoms with van der Waals surface area (Å²) in [6.45, 7) is 0. The highest BCUT2D eigenvalue weighted by Crippen LogP contribution is 2.31. The maximum Gasteiger partial charge on any atom is 0.180 e. The predicted molar refractivity (Wildman–Crippen MR) is 69.5 cm³/mol. The number of halogens is 1. The highest BCUT2D eigenvalue weighted by atomic mass is 32.1. The number of hydrogen-bond donors (Lipinski definition) is 2. The Kier molecular flexibility index (Phi) is 2.56. The first kappa shape index (κ1) is 10.9. The highest BCUT2D eigenvalue weighted by molar-refractivity contribution is 7.13. The van der Waals surface area contributed by atoms with Gasteiger partial charge in [0.25, 0.3) is 0 Å². The van der Waals surface area contributed by atoms with Gasteiger partial charge in [-0.25, -0.2) is 9.37 Å². The molecule has 0 fully saturated rings. The summed E-state index contributed by atoms with van der Waals surface area (Å²) in [4.78, 5) is 4.22. The molecule has 4 nitrogen and oxygen atoms in total. The number of nitrogen functional groups attached to an aromatic ring is 1. The van der Waals surface area contributed by atoms with Gasteiger partial charge < -0.3 is 5.73 Å². The van der Waals surface area contributed by atoms with Gasteiger partial charge in [0.15, 0.2) is 5.13 Å². The Morgan fingerprint density at radius 1 is 1.22 bits per heavy atom. The van der Waals surface area contributed by atoms with E-state index in [0.29, 0.717) is 5.13 Å². The first-order valence-corrected chi connectivity index (χ1v) is 6.12. The molecule has 0 atom stereocenters. The van der Waals surface area contributed by atoms with E-state index >= 15 is 0 Å². The molecular formula is C12H9FN4S. The molecule has 0 bridgehead atoms. The third-order valence-electron chi connectivity index (χ3n) is 2.57. The van der Waals surface area contributed by atoms with Gasteiger partial charge in [0.1, 0.15) is 5.82 Å². The molecule has 0 unspecified atom stereocenters. The molecule has 18 heavy (non-hydrogen) atoms. The summed E-state index contributed by atoms with van der Waals surface area (Å²) in [6, 6.07) is 6.22. The van der Waals surface area contributed by atoms with Crippen molar-refractivity contribution in [3.05, 3.63) is 41.7 Å². The molecule has 0 aliphatic carbocycles. The van der Waals surface area contributed by atoms with E-state index in [0.717, 1.165) is 22.5 Å². The summed E-state index contributed by atoms with van der Waals surface area (Å²) in [5, 5.41) is 9.29. The summed E-state index contributed by atoms with van der Waals surface area (Å²) in [5.41, 5.74) is 8.91. The third-order valence-corrected chi connectivity index (χ3v) is 3.24. The van der Waals surface area contributed by atoms with E-state index < -0.39 is 0 Å². The zero-order valence-electron chi connectivity index (χ0n) is 9.22. The number of thiazole rings is 1. The minimum Gasteiger partial charge on any atom is -0.375 e. The van der Waals surface area contributed by atoms with Crippen LogP contribution < -0.4 is 5.73 Å². The zero-order valence-corrected chi connectivity index (χ0v) is 10.0.